The minimum absolute atomic E-state index is 0.666. The van der Waals surface area contributed by atoms with E-state index in [-0.39, 0.29) is 0 Å². The van der Waals surface area contributed by atoms with Gasteiger partial charge in [0.15, 0.2) is 0 Å². The molecule has 0 radical (unpaired) electrons. The highest BCUT2D eigenvalue weighted by Gasteiger charge is 2.10. The van der Waals surface area contributed by atoms with Crippen LogP contribution < -0.4 is 5.32 Å². The van der Waals surface area contributed by atoms with E-state index in [1.807, 2.05) is 12.1 Å². The number of hydrogen-bond acceptors (Lipinski definition) is 2. The van der Waals surface area contributed by atoms with E-state index in [1.165, 1.54) is 24.8 Å². The van der Waals surface area contributed by atoms with Gasteiger partial charge >= 0.3 is 0 Å². The molecule has 0 spiro atoms. The highest BCUT2D eigenvalue weighted by Crippen LogP contribution is 2.19. The lowest BCUT2D eigenvalue weighted by molar-refractivity contribution is 0.197. The first-order valence-electron chi connectivity index (χ1n) is 8.06. The van der Waals surface area contributed by atoms with Crippen LogP contribution in [-0.4, -0.2) is 26.8 Å². The van der Waals surface area contributed by atoms with E-state index < -0.39 is 0 Å². The van der Waals surface area contributed by atoms with Gasteiger partial charge in [0.25, 0.3) is 0 Å². The van der Waals surface area contributed by atoms with Crippen LogP contribution in [0.2, 0.25) is 5.02 Å². The molecule has 0 fully saturated rings. The summed E-state index contributed by atoms with van der Waals surface area (Å²) in [5, 5.41) is 4.34. The van der Waals surface area contributed by atoms with Gasteiger partial charge < -0.3 is 10.1 Å². The standard InChI is InChI=1S/C18H30ClNO/c1-15(2)6-4-8-17(14-20-10-11-21-3)12-16-7-5-9-18(19)13-16/h5,7,9,13,15,17,20H,4,6,8,10-12,14H2,1-3H3. The Balaban J connectivity index is 2.45. The summed E-state index contributed by atoms with van der Waals surface area (Å²) in [6.45, 7) is 7.34. The first-order valence-corrected chi connectivity index (χ1v) is 8.43. The maximum absolute atomic E-state index is 6.09. The monoisotopic (exact) mass is 311 g/mol. The van der Waals surface area contributed by atoms with Crippen molar-refractivity contribution in [2.75, 3.05) is 26.8 Å². The second-order valence-electron chi connectivity index (χ2n) is 6.22. The van der Waals surface area contributed by atoms with Gasteiger partial charge in [0, 0.05) is 18.7 Å². The van der Waals surface area contributed by atoms with Crippen molar-refractivity contribution in [3.8, 4) is 0 Å². The van der Waals surface area contributed by atoms with Crippen LogP contribution >= 0.6 is 11.6 Å². The number of nitrogens with one attached hydrogen (secondary N) is 1. The molecule has 0 aromatic heterocycles. The summed E-state index contributed by atoms with van der Waals surface area (Å²) in [7, 11) is 1.74. The molecule has 21 heavy (non-hydrogen) atoms. The molecule has 0 amide bonds. The minimum Gasteiger partial charge on any atom is -0.383 e. The Morgan fingerprint density at radius 3 is 2.71 bits per heavy atom. The fourth-order valence-electron chi connectivity index (χ4n) is 2.57. The van der Waals surface area contributed by atoms with Crippen molar-refractivity contribution in [1.82, 2.24) is 5.32 Å². The van der Waals surface area contributed by atoms with Crippen LogP contribution in [0, 0.1) is 11.8 Å². The second-order valence-corrected chi connectivity index (χ2v) is 6.66. The molecule has 0 bridgehead atoms. The van der Waals surface area contributed by atoms with Gasteiger partial charge in [0.1, 0.15) is 0 Å². The number of benzene rings is 1. The highest BCUT2D eigenvalue weighted by molar-refractivity contribution is 6.30. The van der Waals surface area contributed by atoms with Gasteiger partial charge in [0.05, 0.1) is 6.61 Å². The molecular formula is C18H30ClNO. The Bertz CT molecular complexity index is 381. The fraction of sp³-hybridized carbons (Fsp3) is 0.667. The van der Waals surface area contributed by atoms with Crippen LogP contribution in [0.15, 0.2) is 24.3 Å². The molecule has 120 valence electrons. The molecule has 1 rings (SSSR count). The highest BCUT2D eigenvalue weighted by atomic mass is 35.5. The molecule has 1 atom stereocenters. The lowest BCUT2D eigenvalue weighted by Gasteiger charge is -2.18. The molecule has 1 aromatic carbocycles. The molecule has 3 heteroatoms. The average Bonchev–Trinajstić information content (AvgIpc) is 2.43. The van der Waals surface area contributed by atoms with Crippen LogP contribution in [0.25, 0.3) is 0 Å². The largest absolute Gasteiger partial charge is 0.383 e. The molecule has 0 aliphatic rings. The lowest BCUT2D eigenvalue weighted by Crippen LogP contribution is -2.27. The molecular weight excluding hydrogens is 282 g/mol. The SMILES string of the molecule is COCCNCC(CCCC(C)C)Cc1cccc(Cl)c1. The summed E-state index contributed by atoms with van der Waals surface area (Å²) in [4.78, 5) is 0. The molecule has 1 aromatic rings. The first-order chi connectivity index (χ1) is 10.1. The normalized spacial score (nSPS) is 12.8. The average molecular weight is 312 g/mol. The molecule has 0 saturated carbocycles. The summed E-state index contributed by atoms with van der Waals surface area (Å²) in [6, 6.07) is 8.25. The van der Waals surface area contributed by atoms with E-state index in [9.17, 15) is 0 Å². The molecule has 0 aliphatic carbocycles. The van der Waals surface area contributed by atoms with Crippen molar-refractivity contribution < 1.29 is 4.74 Å². The van der Waals surface area contributed by atoms with Gasteiger partial charge in [-0.15, -0.1) is 0 Å². The number of ether oxygens (including phenoxy) is 1. The predicted molar refractivity (Wildman–Crippen MR) is 92.1 cm³/mol. The van der Waals surface area contributed by atoms with Gasteiger partial charge in [-0.1, -0.05) is 50.4 Å². The Morgan fingerprint density at radius 2 is 2.05 bits per heavy atom. The zero-order valence-electron chi connectivity index (χ0n) is 13.7. The van der Waals surface area contributed by atoms with Crippen LogP contribution in [0.5, 0.6) is 0 Å². The van der Waals surface area contributed by atoms with Crippen LogP contribution in [0.4, 0.5) is 0 Å². The summed E-state index contributed by atoms with van der Waals surface area (Å²) in [5.41, 5.74) is 1.34. The fourth-order valence-corrected chi connectivity index (χ4v) is 2.78. The first kappa shape index (κ1) is 18.5. The summed E-state index contributed by atoms with van der Waals surface area (Å²) < 4.78 is 5.09. The maximum atomic E-state index is 6.09. The van der Waals surface area contributed by atoms with Gasteiger partial charge in [0.2, 0.25) is 0 Å². The summed E-state index contributed by atoms with van der Waals surface area (Å²) in [5.74, 6) is 1.46. The predicted octanol–water partition coefficient (Wildman–Crippen LogP) is 4.56. The van der Waals surface area contributed by atoms with Crippen LogP contribution in [0.1, 0.15) is 38.7 Å². The lowest BCUT2D eigenvalue weighted by atomic mass is 9.92. The van der Waals surface area contributed by atoms with E-state index >= 15 is 0 Å². The third-order valence-electron chi connectivity index (χ3n) is 3.72. The molecule has 0 heterocycles. The molecule has 0 aliphatic heterocycles. The van der Waals surface area contributed by atoms with Crippen LogP contribution in [0.3, 0.4) is 0 Å². The number of methoxy groups -OCH3 is 1. The van der Waals surface area contributed by atoms with E-state index in [0.29, 0.717) is 5.92 Å². The van der Waals surface area contributed by atoms with Gasteiger partial charge in [-0.05, 0) is 48.9 Å². The zero-order valence-corrected chi connectivity index (χ0v) is 14.5. The van der Waals surface area contributed by atoms with E-state index in [1.54, 1.807) is 7.11 Å². The molecule has 1 unspecified atom stereocenters. The third kappa shape index (κ3) is 9.13. The molecule has 0 saturated heterocycles. The van der Waals surface area contributed by atoms with Crippen LogP contribution in [-0.2, 0) is 11.2 Å². The van der Waals surface area contributed by atoms with E-state index in [2.05, 4.69) is 31.3 Å². The quantitative estimate of drug-likeness (QED) is 0.605. The van der Waals surface area contributed by atoms with Gasteiger partial charge in [-0.25, -0.2) is 0 Å². The number of hydrogen-bond donors (Lipinski definition) is 1. The van der Waals surface area contributed by atoms with E-state index in [0.717, 1.165) is 37.1 Å². The Morgan fingerprint density at radius 1 is 1.24 bits per heavy atom. The topological polar surface area (TPSA) is 21.3 Å². The van der Waals surface area contributed by atoms with Crippen molar-refractivity contribution in [2.45, 2.75) is 39.5 Å². The van der Waals surface area contributed by atoms with Crippen molar-refractivity contribution in [2.24, 2.45) is 11.8 Å². The van der Waals surface area contributed by atoms with Crippen molar-refractivity contribution in [3.05, 3.63) is 34.9 Å². The zero-order chi connectivity index (χ0) is 15.5. The number of rotatable bonds is 11. The van der Waals surface area contributed by atoms with Crippen molar-refractivity contribution in [1.29, 1.82) is 0 Å². The number of halogens is 1. The maximum Gasteiger partial charge on any atom is 0.0587 e. The van der Waals surface area contributed by atoms with Gasteiger partial charge in [-0.2, -0.15) is 0 Å². The van der Waals surface area contributed by atoms with Gasteiger partial charge in [-0.3, -0.25) is 0 Å². The Hall–Kier alpha value is -0.570. The Labute approximate surface area is 135 Å². The minimum atomic E-state index is 0.666. The third-order valence-corrected chi connectivity index (χ3v) is 3.96. The second kappa shape index (κ2) is 11.1. The smallest absolute Gasteiger partial charge is 0.0587 e. The van der Waals surface area contributed by atoms with E-state index in [4.69, 9.17) is 16.3 Å². The Kier molecular flexibility index (Phi) is 9.73. The summed E-state index contributed by atoms with van der Waals surface area (Å²) >= 11 is 6.09. The van der Waals surface area contributed by atoms with Crippen molar-refractivity contribution >= 4 is 11.6 Å². The molecule has 1 N–H and O–H groups in total. The summed E-state index contributed by atoms with van der Waals surface area (Å²) in [6.07, 6.45) is 4.97. The molecule has 2 nitrogen and oxygen atoms in total. The van der Waals surface area contributed by atoms with Crippen molar-refractivity contribution in [3.63, 3.8) is 0 Å².